The second kappa shape index (κ2) is 10.9. The molecule has 0 aliphatic rings. The fourth-order valence-electron chi connectivity index (χ4n) is 2.60. The Hall–Kier alpha value is -2.65. The zero-order chi connectivity index (χ0) is 22.1. The Morgan fingerprint density at radius 2 is 1.73 bits per heavy atom. The maximum atomic E-state index is 13.3. The van der Waals surface area contributed by atoms with Crippen molar-refractivity contribution in [3.05, 3.63) is 54.3 Å². The van der Waals surface area contributed by atoms with Gasteiger partial charge in [0.25, 0.3) is 10.0 Å². The average Bonchev–Trinajstić information content (AvgIpc) is 2.72. The number of carbonyl (C=O) groups is 1. The van der Waals surface area contributed by atoms with Crippen LogP contribution in [0.15, 0.2) is 53.4 Å². The predicted molar refractivity (Wildman–Crippen MR) is 113 cm³/mol. The molecule has 1 amide bonds. The van der Waals surface area contributed by atoms with Gasteiger partial charge in [-0.05, 0) is 68.8 Å². The molecular formula is C21H27FN2O5S. The molecule has 0 radical (unpaired) electrons. The largest absolute Gasteiger partial charge is 0.497 e. The summed E-state index contributed by atoms with van der Waals surface area (Å²) in [4.78, 5) is 12.4. The average molecular weight is 439 g/mol. The molecule has 2 aromatic rings. The molecule has 0 saturated heterocycles. The molecular weight excluding hydrogens is 411 g/mol. The molecule has 164 valence electrons. The lowest BCUT2D eigenvalue weighted by Crippen LogP contribution is -2.41. The maximum Gasteiger partial charge on any atom is 0.264 e. The van der Waals surface area contributed by atoms with E-state index in [1.807, 2.05) is 13.8 Å². The van der Waals surface area contributed by atoms with Crippen molar-refractivity contribution in [2.75, 3.05) is 31.1 Å². The number of carbonyl (C=O) groups excluding carboxylic acids is 1. The molecule has 2 aromatic carbocycles. The van der Waals surface area contributed by atoms with Crippen molar-refractivity contribution < 1.29 is 27.1 Å². The summed E-state index contributed by atoms with van der Waals surface area (Å²) >= 11 is 0. The number of rotatable bonds is 11. The predicted octanol–water partition coefficient (Wildman–Crippen LogP) is 2.96. The third-order valence-corrected chi connectivity index (χ3v) is 5.93. The summed E-state index contributed by atoms with van der Waals surface area (Å²) in [7, 11) is -2.59. The van der Waals surface area contributed by atoms with E-state index in [2.05, 4.69) is 5.32 Å². The molecule has 9 heteroatoms. The van der Waals surface area contributed by atoms with Crippen LogP contribution < -0.4 is 14.4 Å². The summed E-state index contributed by atoms with van der Waals surface area (Å²) in [5, 5.41) is 2.69. The lowest BCUT2D eigenvalue weighted by Gasteiger charge is -2.24. The van der Waals surface area contributed by atoms with E-state index >= 15 is 0 Å². The van der Waals surface area contributed by atoms with E-state index in [4.69, 9.17) is 9.47 Å². The molecule has 0 fully saturated rings. The van der Waals surface area contributed by atoms with Crippen LogP contribution in [0.5, 0.6) is 5.75 Å². The van der Waals surface area contributed by atoms with Crippen LogP contribution in [0.4, 0.5) is 10.1 Å². The molecule has 0 bridgehead atoms. The van der Waals surface area contributed by atoms with Gasteiger partial charge in [-0.2, -0.15) is 0 Å². The monoisotopic (exact) mass is 438 g/mol. The van der Waals surface area contributed by atoms with Gasteiger partial charge < -0.3 is 14.8 Å². The SMILES string of the molecule is COc1ccc(S(=O)(=O)N(CC(=O)NCCCOC(C)C)c2ccc(F)cc2)cc1. The Bertz CT molecular complexity index is 915. The van der Waals surface area contributed by atoms with E-state index in [0.717, 1.165) is 16.4 Å². The molecule has 0 aliphatic heterocycles. The summed E-state index contributed by atoms with van der Waals surface area (Å²) in [5.74, 6) is -0.472. The number of methoxy groups -OCH3 is 1. The van der Waals surface area contributed by atoms with Crippen LogP contribution in [0.25, 0.3) is 0 Å². The number of hydrogen-bond donors (Lipinski definition) is 1. The van der Waals surface area contributed by atoms with Gasteiger partial charge in [0.1, 0.15) is 18.1 Å². The Morgan fingerprint density at radius 3 is 2.30 bits per heavy atom. The van der Waals surface area contributed by atoms with E-state index in [-0.39, 0.29) is 16.7 Å². The fraction of sp³-hybridized carbons (Fsp3) is 0.381. The number of nitrogens with one attached hydrogen (secondary N) is 1. The van der Waals surface area contributed by atoms with Crippen LogP contribution in [0.3, 0.4) is 0 Å². The Balaban J connectivity index is 2.18. The summed E-state index contributed by atoms with van der Waals surface area (Å²) in [6.07, 6.45) is 0.704. The number of halogens is 1. The van der Waals surface area contributed by atoms with Crippen LogP contribution >= 0.6 is 0 Å². The molecule has 0 aliphatic carbocycles. The molecule has 0 unspecified atom stereocenters. The van der Waals surface area contributed by atoms with Crippen molar-refractivity contribution in [1.29, 1.82) is 0 Å². The van der Waals surface area contributed by atoms with Gasteiger partial charge in [0.2, 0.25) is 5.91 Å². The lowest BCUT2D eigenvalue weighted by molar-refractivity contribution is -0.119. The molecule has 0 heterocycles. The third kappa shape index (κ3) is 6.70. The highest BCUT2D eigenvalue weighted by molar-refractivity contribution is 7.92. The second-order valence-electron chi connectivity index (χ2n) is 6.79. The number of ether oxygens (including phenoxy) is 2. The van der Waals surface area contributed by atoms with Crippen molar-refractivity contribution in [3.63, 3.8) is 0 Å². The standard InChI is InChI=1S/C21H27FN2O5S/c1-16(2)29-14-4-13-23-21(25)15-24(18-7-5-17(22)6-8-18)30(26,27)20-11-9-19(28-3)10-12-20/h5-12,16H,4,13-15H2,1-3H3,(H,23,25). The van der Waals surface area contributed by atoms with Crippen molar-refractivity contribution >= 4 is 21.6 Å². The van der Waals surface area contributed by atoms with Crippen LogP contribution in [0, 0.1) is 5.82 Å². The third-order valence-electron chi connectivity index (χ3n) is 4.14. The molecule has 0 aromatic heterocycles. The van der Waals surface area contributed by atoms with Gasteiger partial charge in [-0.25, -0.2) is 12.8 Å². The molecule has 7 nitrogen and oxygen atoms in total. The van der Waals surface area contributed by atoms with E-state index in [1.54, 1.807) is 0 Å². The minimum absolute atomic E-state index is 0.00856. The zero-order valence-corrected chi connectivity index (χ0v) is 18.1. The number of anilines is 1. The smallest absolute Gasteiger partial charge is 0.264 e. The Labute approximate surface area is 176 Å². The molecule has 2 rings (SSSR count). The highest BCUT2D eigenvalue weighted by Gasteiger charge is 2.27. The minimum Gasteiger partial charge on any atom is -0.497 e. The van der Waals surface area contributed by atoms with Gasteiger partial charge in [-0.1, -0.05) is 0 Å². The molecule has 0 spiro atoms. The molecule has 1 N–H and O–H groups in total. The van der Waals surface area contributed by atoms with Gasteiger partial charge in [-0.15, -0.1) is 0 Å². The number of sulfonamides is 1. The Kier molecular flexibility index (Phi) is 8.61. The first-order chi connectivity index (χ1) is 14.2. The normalized spacial score (nSPS) is 11.4. The van der Waals surface area contributed by atoms with Gasteiger partial charge in [0, 0.05) is 13.2 Å². The van der Waals surface area contributed by atoms with Crippen molar-refractivity contribution in [1.82, 2.24) is 5.32 Å². The van der Waals surface area contributed by atoms with Crippen molar-refractivity contribution in [2.24, 2.45) is 0 Å². The number of nitrogens with zero attached hydrogens (tertiary/aromatic N) is 1. The zero-order valence-electron chi connectivity index (χ0n) is 17.3. The summed E-state index contributed by atoms with van der Waals surface area (Å²) in [6.45, 7) is 4.24. The Morgan fingerprint density at radius 1 is 1.10 bits per heavy atom. The van der Waals surface area contributed by atoms with Crippen LogP contribution in [-0.2, 0) is 19.6 Å². The van der Waals surface area contributed by atoms with E-state index in [0.29, 0.717) is 25.3 Å². The highest BCUT2D eigenvalue weighted by atomic mass is 32.2. The lowest BCUT2D eigenvalue weighted by atomic mass is 10.3. The van der Waals surface area contributed by atoms with Crippen molar-refractivity contribution in [3.8, 4) is 5.75 Å². The van der Waals surface area contributed by atoms with E-state index < -0.39 is 28.3 Å². The van der Waals surface area contributed by atoms with E-state index in [1.165, 1.54) is 43.5 Å². The first kappa shape index (κ1) is 23.6. The fourth-order valence-corrected chi connectivity index (χ4v) is 4.02. The van der Waals surface area contributed by atoms with Gasteiger partial charge in [0.05, 0.1) is 23.8 Å². The number of benzene rings is 2. The van der Waals surface area contributed by atoms with Crippen LogP contribution in [0.1, 0.15) is 20.3 Å². The second-order valence-corrected chi connectivity index (χ2v) is 8.65. The van der Waals surface area contributed by atoms with Gasteiger partial charge in [-0.3, -0.25) is 9.10 Å². The van der Waals surface area contributed by atoms with Gasteiger partial charge >= 0.3 is 0 Å². The van der Waals surface area contributed by atoms with Crippen molar-refractivity contribution in [2.45, 2.75) is 31.3 Å². The topological polar surface area (TPSA) is 84.9 Å². The summed E-state index contributed by atoms with van der Waals surface area (Å²) in [6, 6.07) is 10.8. The number of hydrogen-bond acceptors (Lipinski definition) is 5. The summed E-state index contributed by atoms with van der Waals surface area (Å²) < 4.78 is 51.2. The molecule has 0 saturated carbocycles. The molecule has 0 atom stereocenters. The van der Waals surface area contributed by atoms with E-state index in [9.17, 15) is 17.6 Å². The summed E-state index contributed by atoms with van der Waals surface area (Å²) in [5.41, 5.74) is 0.186. The van der Waals surface area contributed by atoms with Crippen LogP contribution in [0.2, 0.25) is 0 Å². The molecule has 30 heavy (non-hydrogen) atoms. The van der Waals surface area contributed by atoms with Gasteiger partial charge in [0.15, 0.2) is 0 Å². The highest BCUT2D eigenvalue weighted by Crippen LogP contribution is 2.25. The van der Waals surface area contributed by atoms with Crippen LogP contribution in [-0.4, -0.2) is 47.2 Å². The first-order valence-corrected chi connectivity index (χ1v) is 11.0. The number of amides is 1. The maximum absolute atomic E-state index is 13.3. The first-order valence-electron chi connectivity index (χ1n) is 9.54. The quantitative estimate of drug-likeness (QED) is 0.545. The minimum atomic E-state index is -4.06.